The minimum Gasteiger partial charge on any atom is -0.508 e. The third-order valence-corrected chi connectivity index (χ3v) is 3.69. The molecule has 2 rings (SSSR count). The first-order valence-corrected chi connectivity index (χ1v) is 6.11. The van der Waals surface area contributed by atoms with Crippen LogP contribution in [0.15, 0.2) is 29.2 Å². The van der Waals surface area contributed by atoms with Crippen LogP contribution in [0.3, 0.4) is 0 Å². The summed E-state index contributed by atoms with van der Waals surface area (Å²) in [5.74, 6) is -0.604. The van der Waals surface area contributed by atoms with Crippen molar-refractivity contribution in [3.8, 4) is 5.75 Å². The molecule has 1 aliphatic heterocycles. The SMILES string of the molecule is O=C(O)C1CNCCN1Sc1ccc(O)cc1. The van der Waals surface area contributed by atoms with E-state index < -0.39 is 12.0 Å². The lowest BCUT2D eigenvalue weighted by Gasteiger charge is -2.32. The normalized spacial score (nSPS) is 21.3. The Balaban J connectivity index is 2.05. The summed E-state index contributed by atoms with van der Waals surface area (Å²) in [6.45, 7) is 1.93. The van der Waals surface area contributed by atoms with Gasteiger partial charge in [0.1, 0.15) is 11.8 Å². The summed E-state index contributed by atoms with van der Waals surface area (Å²) < 4.78 is 1.85. The minimum absolute atomic E-state index is 0.212. The van der Waals surface area contributed by atoms with Crippen LogP contribution in [0.25, 0.3) is 0 Å². The van der Waals surface area contributed by atoms with Crippen LogP contribution in [0.2, 0.25) is 0 Å². The standard InChI is InChI=1S/C11H14N2O3S/c14-8-1-3-9(4-2-8)17-13-6-5-12-7-10(13)11(15)16/h1-4,10,12,14H,5-7H2,(H,15,16). The molecule has 3 N–H and O–H groups in total. The van der Waals surface area contributed by atoms with E-state index >= 15 is 0 Å². The first kappa shape index (κ1) is 12.2. The predicted molar refractivity (Wildman–Crippen MR) is 65.0 cm³/mol. The Labute approximate surface area is 104 Å². The van der Waals surface area contributed by atoms with Crippen molar-refractivity contribution in [2.45, 2.75) is 10.9 Å². The van der Waals surface area contributed by atoms with E-state index in [1.165, 1.54) is 11.9 Å². The molecule has 92 valence electrons. The second kappa shape index (κ2) is 5.39. The van der Waals surface area contributed by atoms with E-state index in [1.54, 1.807) is 24.3 Å². The molecule has 0 bridgehead atoms. The molecule has 0 spiro atoms. The van der Waals surface area contributed by atoms with Crippen LogP contribution >= 0.6 is 11.9 Å². The molecule has 0 amide bonds. The first-order chi connectivity index (χ1) is 8.16. The summed E-state index contributed by atoms with van der Waals surface area (Å²) in [6, 6.07) is 6.24. The van der Waals surface area contributed by atoms with Crippen LogP contribution in [0.5, 0.6) is 5.75 Å². The number of piperazine rings is 1. The molecule has 0 saturated carbocycles. The highest BCUT2D eigenvalue weighted by Gasteiger charge is 2.28. The Morgan fingerprint density at radius 2 is 2.12 bits per heavy atom. The molecule has 5 nitrogen and oxygen atoms in total. The summed E-state index contributed by atoms with van der Waals surface area (Å²) in [7, 11) is 0. The van der Waals surface area contributed by atoms with Crippen molar-refractivity contribution in [2.75, 3.05) is 19.6 Å². The van der Waals surface area contributed by atoms with Crippen molar-refractivity contribution in [3.05, 3.63) is 24.3 Å². The molecule has 6 heteroatoms. The van der Waals surface area contributed by atoms with E-state index in [-0.39, 0.29) is 5.75 Å². The van der Waals surface area contributed by atoms with Gasteiger partial charge in [-0.3, -0.25) is 4.79 Å². The van der Waals surface area contributed by atoms with Gasteiger partial charge in [0, 0.05) is 24.5 Å². The molecule has 1 aromatic carbocycles. The molecule has 1 heterocycles. The fourth-order valence-corrected chi connectivity index (χ4v) is 2.65. The number of benzene rings is 1. The number of aromatic hydroxyl groups is 1. The summed E-state index contributed by atoms with van der Waals surface area (Å²) in [5, 5.41) is 21.3. The Morgan fingerprint density at radius 1 is 1.41 bits per heavy atom. The Kier molecular flexibility index (Phi) is 3.88. The maximum absolute atomic E-state index is 11.1. The molecule has 1 aromatic rings. The Morgan fingerprint density at radius 3 is 2.76 bits per heavy atom. The summed E-state index contributed by atoms with van der Waals surface area (Å²) in [4.78, 5) is 12.0. The van der Waals surface area contributed by atoms with Crippen molar-refractivity contribution >= 4 is 17.9 Å². The van der Waals surface area contributed by atoms with E-state index in [9.17, 15) is 9.90 Å². The second-order valence-corrected chi connectivity index (χ2v) is 4.91. The summed E-state index contributed by atoms with van der Waals surface area (Å²) in [6.07, 6.45) is 0. The average Bonchev–Trinajstić information content (AvgIpc) is 2.32. The van der Waals surface area contributed by atoms with Gasteiger partial charge >= 0.3 is 5.97 Å². The van der Waals surface area contributed by atoms with Crippen LogP contribution in [-0.4, -0.2) is 46.2 Å². The van der Waals surface area contributed by atoms with Gasteiger partial charge in [-0.2, -0.15) is 0 Å². The zero-order chi connectivity index (χ0) is 12.3. The van der Waals surface area contributed by atoms with Crippen molar-refractivity contribution in [1.82, 2.24) is 9.62 Å². The molecule has 0 aromatic heterocycles. The largest absolute Gasteiger partial charge is 0.508 e. The number of hydrogen-bond donors (Lipinski definition) is 3. The molecule has 17 heavy (non-hydrogen) atoms. The molecule has 1 atom stereocenters. The third kappa shape index (κ3) is 3.12. The van der Waals surface area contributed by atoms with Gasteiger partial charge in [0.15, 0.2) is 0 Å². The van der Waals surface area contributed by atoms with Gasteiger partial charge in [-0.25, -0.2) is 4.31 Å². The van der Waals surface area contributed by atoms with E-state index in [2.05, 4.69) is 5.32 Å². The van der Waals surface area contributed by atoms with Crippen molar-refractivity contribution < 1.29 is 15.0 Å². The maximum atomic E-state index is 11.1. The van der Waals surface area contributed by atoms with E-state index in [4.69, 9.17) is 5.11 Å². The van der Waals surface area contributed by atoms with E-state index in [1.807, 2.05) is 4.31 Å². The molecular weight excluding hydrogens is 240 g/mol. The predicted octanol–water partition coefficient (Wildman–Crippen LogP) is 0.758. The lowest BCUT2D eigenvalue weighted by Crippen LogP contribution is -2.51. The summed E-state index contributed by atoms with van der Waals surface area (Å²) >= 11 is 1.41. The number of carboxylic acids is 1. The lowest BCUT2D eigenvalue weighted by atomic mass is 10.2. The number of phenols is 1. The van der Waals surface area contributed by atoms with Crippen molar-refractivity contribution in [1.29, 1.82) is 0 Å². The topological polar surface area (TPSA) is 72.8 Å². The summed E-state index contributed by atoms with van der Waals surface area (Å²) in [5.41, 5.74) is 0. The fourth-order valence-electron chi connectivity index (χ4n) is 1.65. The molecule has 1 fully saturated rings. The van der Waals surface area contributed by atoms with Gasteiger partial charge in [-0.1, -0.05) is 0 Å². The van der Waals surface area contributed by atoms with Crippen molar-refractivity contribution in [2.24, 2.45) is 0 Å². The highest BCUT2D eigenvalue weighted by atomic mass is 32.2. The minimum atomic E-state index is -0.816. The molecule has 1 unspecified atom stereocenters. The lowest BCUT2D eigenvalue weighted by molar-refractivity contribution is -0.141. The van der Waals surface area contributed by atoms with E-state index in [0.717, 1.165) is 11.4 Å². The van der Waals surface area contributed by atoms with Gasteiger partial charge in [0.2, 0.25) is 0 Å². The molecular formula is C11H14N2O3S. The number of nitrogens with one attached hydrogen (secondary N) is 1. The number of carboxylic acid groups (broad SMARTS) is 1. The first-order valence-electron chi connectivity index (χ1n) is 5.34. The highest BCUT2D eigenvalue weighted by molar-refractivity contribution is 7.97. The van der Waals surface area contributed by atoms with Gasteiger partial charge in [-0.05, 0) is 36.2 Å². The monoisotopic (exact) mass is 254 g/mol. The van der Waals surface area contributed by atoms with Crippen LogP contribution in [0, 0.1) is 0 Å². The molecule has 0 radical (unpaired) electrons. The molecule has 1 aliphatic rings. The van der Waals surface area contributed by atoms with Gasteiger partial charge < -0.3 is 15.5 Å². The van der Waals surface area contributed by atoms with Gasteiger partial charge in [0.25, 0.3) is 0 Å². The number of rotatable bonds is 3. The van der Waals surface area contributed by atoms with Crippen LogP contribution in [0.4, 0.5) is 0 Å². The zero-order valence-corrected chi connectivity index (χ0v) is 9.98. The fraction of sp³-hybridized carbons (Fsp3) is 0.364. The van der Waals surface area contributed by atoms with Gasteiger partial charge in [0.05, 0.1) is 0 Å². The molecule has 0 aliphatic carbocycles. The Hall–Kier alpha value is -1.24. The van der Waals surface area contributed by atoms with Crippen LogP contribution in [-0.2, 0) is 4.79 Å². The number of nitrogens with zero attached hydrogens (tertiary/aromatic N) is 1. The number of aliphatic carboxylic acids is 1. The Bertz CT molecular complexity index is 396. The average molecular weight is 254 g/mol. The number of carbonyl (C=O) groups is 1. The smallest absolute Gasteiger partial charge is 0.323 e. The van der Waals surface area contributed by atoms with Gasteiger partial charge in [-0.15, -0.1) is 0 Å². The van der Waals surface area contributed by atoms with E-state index in [0.29, 0.717) is 13.1 Å². The van der Waals surface area contributed by atoms with Crippen LogP contribution < -0.4 is 5.32 Å². The quantitative estimate of drug-likeness (QED) is 0.692. The van der Waals surface area contributed by atoms with Crippen LogP contribution in [0.1, 0.15) is 0 Å². The maximum Gasteiger partial charge on any atom is 0.323 e. The second-order valence-electron chi connectivity index (χ2n) is 3.78. The molecule has 1 saturated heterocycles. The highest BCUT2D eigenvalue weighted by Crippen LogP contribution is 2.27. The third-order valence-electron chi connectivity index (χ3n) is 2.54. The van der Waals surface area contributed by atoms with Crippen molar-refractivity contribution in [3.63, 3.8) is 0 Å². The zero-order valence-electron chi connectivity index (χ0n) is 9.17. The number of phenolic OH excluding ortho intramolecular Hbond substituents is 1. The number of hydrogen-bond acceptors (Lipinski definition) is 5.